The van der Waals surface area contributed by atoms with Crippen molar-refractivity contribution < 1.29 is 4.79 Å². The first-order chi connectivity index (χ1) is 13.2. The third-order valence-electron chi connectivity index (χ3n) is 4.37. The maximum Gasteiger partial charge on any atom is 0.224 e. The molecule has 0 unspecified atom stereocenters. The molecule has 6 nitrogen and oxygen atoms in total. The van der Waals surface area contributed by atoms with E-state index in [-0.39, 0.29) is 5.91 Å². The second-order valence-corrected chi connectivity index (χ2v) is 6.35. The number of fused-ring (bicyclic) bond motifs is 1. The minimum absolute atomic E-state index is 0.00580. The third-order valence-corrected chi connectivity index (χ3v) is 4.37. The number of nitrogens with one attached hydrogen (secondary N) is 1. The van der Waals surface area contributed by atoms with Crippen molar-refractivity contribution in [3.63, 3.8) is 0 Å². The van der Waals surface area contributed by atoms with Crippen LogP contribution in [0.5, 0.6) is 0 Å². The van der Waals surface area contributed by atoms with Crippen molar-refractivity contribution in [3.8, 4) is 11.3 Å². The van der Waals surface area contributed by atoms with Gasteiger partial charge in [-0.1, -0.05) is 42.5 Å². The number of aryl methyl sites for hydroxylation is 2. The van der Waals surface area contributed by atoms with Crippen LogP contribution >= 0.6 is 0 Å². The zero-order valence-corrected chi connectivity index (χ0v) is 15.0. The number of anilines is 1. The molecule has 0 spiro atoms. The molecule has 4 aromatic rings. The van der Waals surface area contributed by atoms with Gasteiger partial charge in [0.1, 0.15) is 0 Å². The van der Waals surface area contributed by atoms with Gasteiger partial charge in [-0.25, -0.2) is 0 Å². The molecule has 0 aliphatic rings. The summed E-state index contributed by atoms with van der Waals surface area (Å²) in [5, 5.41) is 15.6. The predicted molar refractivity (Wildman–Crippen MR) is 104 cm³/mol. The SMILES string of the molecule is Cc1nnc2ccc(-c3ccc(NC(=O)CCc4ccccc4)cc3)nn12. The van der Waals surface area contributed by atoms with Crippen molar-refractivity contribution in [2.24, 2.45) is 0 Å². The summed E-state index contributed by atoms with van der Waals surface area (Å²) >= 11 is 0. The lowest BCUT2D eigenvalue weighted by molar-refractivity contribution is -0.116. The fourth-order valence-electron chi connectivity index (χ4n) is 2.90. The number of carbonyl (C=O) groups excluding carboxylic acids is 1. The van der Waals surface area contributed by atoms with Gasteiger partial charge in [0.2, 0.25) is 5.91 Å². The van der Waals surface area contributed by atoms with E-state index < -0.39 is 0 Å². The van der Waals surface area contributed by atoms with Gasteiger partial charge < -0.3 is 5.32 Å². The highest BCUT2D eigenvalue weighted by Crippen LogP contribution is 2.20. The van der Waals surface area contributed by atoms with Gasteiger partial charge in [0.15, 0.2) is 11.5 Å². The molecule has 134 valence electrons. The van der Waals surface area contributed by atoms with E-state index in [1.807, 2.05) is 73.7 Å². The number of benzene rings is 2. The molecule has 27 heavy (non-hydrogen) atoms. The van der Waals surface area contributed by atoms with Crippen molar-refractivity contribution in [2.45, 2.75) is 19.8 Å². The van der Waals surface area contributed by atoms with Crippen LogP contribution in [0.25, 0.3) is 16.9 Å². The van der Waals surface area contributed by atoms with Crippen LogP contribution in [0, 0.1) is 6.92 Å². The summed E-state index contributed by atoms with van der Waals surface area (Å²) in [7, 11) is 0. The van der Waals surface area contributed by atoms with Crippen LogP contribution in [0.2, 0.25) is 0 Å². The molecule has 0 bridgehead atoms. The first kappa shape index (κ1) is 16.9. The van der Waals surface area contributed by atoms with Crippen LogP contribution in [0.1, 0.15) is 17.8 Å². The first-order valence-electron chi connectivity index (χ1n) is 8.82. The second-order valence-electron chi connectivity index (χ2n) is 6.35. The lowest BCUT2D eigenvalue weighted by atomic mass is 10.1. The molecular weight excluding hydrogens is 338 g/mol. The Morgan fingerprint density at radius 3 is 2.52 bits per heavy atom. The topological polar surface area (TPSA) is 72.2 Å². The Labute approximate surface area is 156 Å². The van der Waals surface area contributed by atoms with Crippen molar-refractivity contribution in [1.82, 2.24) is 19.8 Å². The zero-order chi connectivity index (χ0) is 18.6. The molecule has 0 fully saturated rings. The molecule has 0 radical (unpaired) electrons. The quantitative estimate of drug-likeness (QED) is 0.591. The molecule has 2 aromatic heterocycles. The molecule has 2 heterocycles. The minimum atomic E-state index is 0.00580. The van der Waals surface area contributed by atoms with E-state index in [1.165, 1.54) is 0 Å². The van der Waals surface area contributed by atoms with Crippen molar-refractivity contribution in [1.29, 1.82) is 0 Å². The van der Waals surface area contributed by atoms with E-state index in [0.717, 1.165) is 40.4 Å². The van der Waals surface area contributed by atoms with Gasteiger partial charge in [0.05, 0.1) is 5.69 Å². The van der Waals surface area contributed by atoms with Gasteiger partial charge in [-0.3, -0.25) is 4.79 Å². The summed E-state index contributed by atoms with van der Waals surface area (Å²) in [6.45, 7) is 1.87. The Morgan fingerprint density at radius 2 is 1.74 bits per heavy atom. The Morgan fingerprint density at radius 1 is 0.963 bits per heavy atom. The van der Waals surface area contributed by atoms with Crippen molar-refractivity contribution in [3.05, 3.63) is 78.1 Å². The van der Waals surface area contributed by atoms with Crippen LogP contribution in [0.3, 0.4) is 0 Å². The van der Waals surface area contributed by atoms with Crippen LogP contribution in [-0.2, 0) is 11.2 Å². The number of nitrogens with zero attached hydrogens (tertiary/aromatic N) is 4. The largest absolute Gasteiger partial charge is 0.326 e. The lowest BCUT2D eigenvalue weighted by Crippen LogP contribution is -2.12. The fraction of sp³-hybridized carbons (Fsp3) is 0.143. The molecule has 2 aromatic carbocycles. The highest BCUT2D eigenvalue weighted by atomic mass is 16.1. The highest BCUT2D eigenvalue weighted by molar-refractivity contribution is 5.91. The van der Waals surface area contributed by atoms with Gasteiger partial charge in [0.25, 0.3) is 0 Å². The van der Waals surface area contributed by atoms with E-state index >= 15 is 0 Å². The zero-order valence-electron chi connectivity index (χ0n) is 15.0. The number of hydrogen-bond acceptors (Lipinski definition) is 4. The number of hydrogen-bond donors (Lipinski definition) is 1. The predicted octanol–water partition coefficient (Wildman–Crippen LogP) is 3.67. The normalized spacial score (nSPS) is 10.9. The number of carbonyl (C=O) groups is 1. The lowest BCUT2D eigenvalue weighted by Gasteiger charge is -2.07. The summed E-state index contributed by atoms with van der Waals surface area (Å²) in [6, 6.07) is 21.5. The van der Waals surface area contributed by atoms with E-state index in [4.69, 9.17) is 0 Å². The summed E-state index contributed by atoms with van der Waals surface area (Å²) in [4.78, 5) is 12.2. The number of aromatic nitrogens is 4. The smallest absolute Gasteiger partial charge is 0.224 e. The van der Waals surface area contributed by atoms with Crippen LogP contribution in [-0.4, -0.2) is 25.7 Å². The monoisotopic (exact) mass is 357 g/mol. The maximum absolute atomic E-state index is 12.2. The third kappa shape index (κ3) is 3.84. The van der Waals surface area contributed by atoms with E-state index in [0.29, 0.717) is 6.42 Å². The average Bonchev–Trinajstić information content (AvgIpc) is 3.08. The Hall–Kier alpha value is -3.54. The molecule has 6 heteroatoms. The standard InChI is InChI=1S/C21H19N5O/c1-15-23-24-20-13-12-19(25-26(15)20)17-8-10-18(11-9-17)22-21(27)14-7-16-5-3-2-4-6-16/h2-6,8-13H,7,14H2,1H3,(H,22,27). The van der Waals surface area contributed by atoms with Crippen molar-refractivity contribution >= 4 is 17.2 Å². The Bertz CT molecular complexity index is 1070. The van der Waals surface area contributed by atoms with Crippen LogP contribution < -0.4 is 5.32 Å². The van der Waals surface area contributed by atoms with Crippen LogP contribution in [0.15, 0.2) is 66.7 Å². The van der Waals surface area contributed by atoms with Crippen LogP contribution in [0.4, 0.5) is 5.69 Å². The molecule has 0 saturated heterocycles. The molecule has 0 aliphatic carbocycles. The van der Waals surface area contributed by atoms with Gasteiger partial charge in [-0.15, -0.1) is 10.2 Å². The molecule has 1 amide bonds. The highest BCUT2D eigenvalue weighted by Gasteiger charge is 2.07. The maximum atomic E-state index is 12.2. The minimum Gasteiger partial charge on any atom is -0.326 e. The van der Waals surface area contributed by atoms with Crippen molar-refractivity contribution in [2.75, 3.05) is 5.32 Å². The van der Waals surface area contributed by atoms with Gasteiger partial charge >= 0.3 is 0 Å². The van der Waals surface area contributed by atoms with E-state index in [9.17, 15) is 4.79 Å². The van der Waals surface area contributed by atoms with Gasteiger partial charge in [-0.05, 0) is 43.2 Å². The first-order valence-corrected chi connectivity index (χ1v) is 8.82. The molecule has 1 N–H and O–H groups in total. The summed E-state index contributed by atoms with van der Waals surface area (Å²) in [6.07, 6.45) is 1.18. The summed E-state index contributed by atoms with van der Waals surface area (Å²) in [5.74, 6) is 0.750. The molecule has 4 rings (SSSR count). The average molecular weight is 357 g/mol. The van der Waals surface area contributed by atoms with E-state index in [2.05, 4.69) is 20.6 Å². The fourth-order valence-corrected chi connectivity index (χ4v) is 2.90. The second kappa shape index (κ2) is 7.37. The van der Waals surface area contributed by atoms with E-state index in [1.54, 1.807) is 4.52 Å². The van der Waals surface area contributed by atoms with Gasteiger partial charge in [-0.2, -0.15) is 9.61 Å². The molecule has 0 aliphatic heterocycles. The molecular formula is C21H19N5O. The summed E-state index contributed by atoms with van der Waals surface area (Å²) in [5.41, 5.74) is 4.45. The molecule has 0 atom stereocenters. The molecule has 0 saturated carbocycles. The number of amides is 1. The summed E-state index contributed by atoms with van der Waals surface area (Å²) < 4.78 is 1.72. The number of rotatable bonds is 5. The Kier molecular flexibility index (Phi) is 4.61. The Balaban J connectivity index is 1.42. The van der Waals surface area contributed by atoms with Gasteiger partial charge in [0, 0.05) is 17.7 Å².